The minimum absolute atomic E-state index is 0.184. The van der Waals surface area contributed by atoms with Crippen molar-refractivity contribution >= 4 is 0 Å². The molecule has 1 aliphatic rings. The molecule has 0 N–H and O–H groups in total. The summed E-state index contributed by atoms with van der Waals surface area (Å²) in [5.41, 5.74) is 0. The highest BCUT2D eigenvalue weighted by Gasteiger charge is 2.32. The molecule has 3 nitrogen and oxygen atoms in total. The zero-order valence-electron chi connectivity index (χ0n) is 11.1. The molecule has 0 aromatic rings. The van der Waals surface area contributed by atoms with Gasteiger partial charge in [0.25, 0.3) is 0 Å². The number of hydrogen-bond acceptors (Lipinski definition) is 3. The maximum atomic E-state index is 9.24. The Morgan fingerprint density at radius 1 is 1.38 bits per heavy atom. The lowest BCUT2D eigenvalue weighted by molar-refractivity contribution is 0.105. The molecule has 1 heterocycles. The lowest BCUT2D eigenvalue weighted by atomic mass is 9.81. The molecule has 0 radical (unpaired) electrons. The van der Waals surface area contributed by atoms with Gasteiger partial charge in [-0.1, -0.05) is 6.92 Å². The molecule has 1 fully saturated rings. The number of hydrogen-bond donors (Lipinski definition) is 0. The lowest BCUT2D eigenvalue weighted by Crippen LogP contribution is -2.45. The van der Waals surface area contributed by atoms with Crippen LogP contribution in [0.5, 0.6) is 0 Å². The molecular formula is C13H25N3. The van der Waals surface area contributed by atoms with Crippen molar-refractivity contribution in [1.29, 1.82) is 5.26 Å². The maximum absolute atomic E-state index is 9.24. The Labute approximate surface area is 100 Å². The predicted molar refractivity (Wildman–Crippen MR) is 67.1 cm³/mol. The van der Waals surface area contributed by atoms with Crippen molar-refractivity contribution in [3.63, 3.8) is 0 Å². The zero-order valence-corrected chi connectivity index (χ0v) is 11.1. The molecule has 0 aliphatic carbocycles. The fourth-order valence-corrected chi connectivity index (χ4v) is 2.89. The van der Waals surface area contributed by atoms with Gasteiger partial charge in [-0.05, 0) is 59.4 Å². The number of rotatable bonds is 4. The summed E-state index contributed by atoms with van der Waals surface area (Å²) in [5.74, 6) is 0.874. The Morgan fingerprint density at radius 3 is 2.31 bits per heavy atom. The largest absolute Gasteiger partial charge is 0.306 e. The molecule has 0 aromatic heterocycles. The van der Waals surface area contributed by atoms with Gasteiger partial charge >= 0.3 is 0 Å². The van der Waals surface area contributed by atoms with Crippen LogP contribution in [0.4, 0.5) is 0 Å². The molecule has 1 aliphatic heterocycles. The van der Waals surface area contributed by atoms with Crippen LogP contribution >= 0.6 is 0 Å². The van der Waals surface area contributed by atoms with Gasteiger partial charge in [-0.25, -0.2) is 0 Å². The van der Waals surface area contributed by atoms with Crippen molar-refractivity contribution in [2.24, 2.45) is 11.8 Å². The summed E-state index contributed by atoms with van der Waals surface area (Å²) in [4.78, 5) is 4.64. The first-order valence-corrected chi connectivity index (χ1v) is 6.34. The fraction of sp³-hybridized carbons (Fsp3) is 0.923. The van der Waals surface area contributed by atoms with Crippen LogP contribution in [0, 0.1) is 23.2 Å². The quantitative estimate of drug-likeness (QED) is 0.728. The SMILES string of the molecule is CCC(C#N)C(C1CCN(C)CC1)N(C)C. The molecule has 2 unspecified atom stereocenters. The van der Waals surface area contributed by atoms with E-state index in [2.05, 4.69) is 43.9 Å². The van der Waals surface area contributed by atoms with E-state index in [9.17, 15) is 5.26 Å². The molecule has 92 valence electrons. The van der Waals surface area contributed by atoms with E-state index >= 15 is 0 Å². The smallest absolute Gasteiger partial charge is 0.0672 e. The number of nitrogens with zero attached hydrogens (tertiary/aromatic N) is 3. The van der Waals surface area contributed by atoms with Gasteiger partial charge in [0.05, 0.1) is 12.0 Å². The Balaban J connectivity index is 2.67. The first kappa shape index (κ1) is 13.5. The first-order chi connectivity index (χ1) is 7.60. The molecule has 1 saturated heterocycles. The third-order valence-electron chi connectivity index (χ3n) is 3.86. The van der Waals surface area contributed by atoms with Gasteiger partial charge in [0, 0.05) is 6.04 Å². The summed E-state index contributed by atoms with van der Waals surface area (Å²) in [7, 11) is 6.41. The summed E-state index contributed by atoms with van der Waals surface area (Å²) >= 11 is 0. The minimum Gasteiger partial charge on any atom is -0.306 e. The number of piperidine rings is 1. The first-order valence-electron chi connectivity index (χ1n) is 6.34. The standard InChI is InChI=1S/C13H25N3/c1-5-11(10-14)13(15(2)3)12-6-8-16(4)9-7-12/h11-13H,5-9H2,1-4H3. The van der Waals surface area contributed by atoms with Crippen molar-refractivity contribution in [1.82, 2.24) is 9.80 Å². The van der Waals surface area contributed by atoms with E-state index in [0.717, 1.165) is 6.42 Å². The molecule has 0 saturated carbocycles. The molecule has 0 bridgehead atoms. The molecule has 1 rings (SSSR count). The van der Waals surface area contributed by atoms with Crippen LogP contribution in [0.15, 0.2) is 0 Å². The van der Waals surface area contributed by atoms with Crippen molar-refractivity contribution in [3.05, 3.63) is 0 Å². The second-order valence-electron chi connectivity index (χ2n) is 5.24. The minimum atomic E-state index is 0.184. The Hall–Kier alpha value is -0.590. The van der Waals surface area contributed by atoms with Crippen LogP contribution in [-0.2, 0) is 0 Å². The van der Waals surface area contributed by atoms with Gasteiger partial charge < -0.3 is 9.80 Å². The molecular weight excluding hydrogens is 198 g/mol. The van der Waals surface area contributed by atoms with Crippen LogP contribution in [0.25, 0.3) is 0 Å². The van der Waals surface area contributed by atoms with Crippen LogP contribution < -0.4 is 0 Å². The van der Waals surface area contributed by atoms with E-state index in [-0.39, 0.29) is 5.92 Å². The Kier molecular flexibility index (Phi) is 5.24. The highest BCUT2D eigenvalue weighted by molar-refractivity contribution is 4.95. The average molecular weight is 223 g/mol. The fourth-order valence-electron chi connectivity index (χ4n) is 2.89. The third kappa shape index (κ3) is 3.20. The van der Waals surface area contributed by atoms with E-state index in [0.29, 0.717) is 12.0 Å². The molecule has 0 spiro atoms. The van der Waals surface area contributed by atoms with Crippen molar-refractivity contribution in [2.75, 3.05) is 34.2 Å². The Bertz CT molecular complexity index is 236. The van der Waals surface area contributed by atoms with E-state index in [1.807, 2.05) is 0 Å². The highest BCUT2D eigenvalue weighted by Crippen LogP contribution is 2.28. The summed E-state index contributed by atoms with van der Waals surface area (Å²) in [6.07, 6.45) is 3.43. The summed E-state index contributed by atoms with van der Waals surface area (Å²) in [6, 6.07) is 2.92. The molecule has 0 amide bonds. The van der Waals surface area contributed by atoms with Crippen LogP contribution in [-0.4, -0.2) is 50.1 Å². The van der Waals surface area contributed by atoms with Gasteiger partial charge in [0.15, 0.2) is 0 Å². The van der Waals surface area contributed by atoms with E-state index in [4.69, 9.17) is 0 Å². The molecule has 0 aromatic carbocycles. The predicted octanol–water partition coefficient (Wildman–Crippen LogP) is 1.81. The highest BCUT2D eigenvalue weighted by atomic mass is 15.1. The molecule has 2 atom stereocenters. The zero-order chi connectivity index (χ0) is 12.1. The van der Waals surface area contributed by atoms with E-state index in [1.165, 1.54) is 25.9 Å². The topological polar surface area (TPSA) is 30.3 Å². The monoisotopic (exact) mass is 223 g/mol. The van der Waals surface area contributed by atoms with Gasteiger partial charge in [-0.2, -0.15) is 5.26 Å². The van der Waals surface area contributed by atoms with Gasteiger partial charge in [0.2, 0.25) is 0 Å². The van der Waals surface area contributed by atoms with E-state index < -0.39 is 0 Å². The molecule has 3 heteroatoms. The Morgan fingerprint density at radius 2 is 1.94 bits per heavy atom. The number of nitriles is 1. The van der Waals surface area contributed by atoms with Crippen LogP contribution in [0.1, 0.15) is 26.2 Å². The average Bonchev–Trinajstić information content (AvgIpc) is 2.27. The third-order valence-corrected chi connectivity index (χ3v) is 3.86. The van der Waals surface area contributed by atoms with Crippen molar-refractivity contribution < 1.29 is 0 Å². The van der Waals surface area contributed by atoms with Crippen molar-refractivity contribution in [2.45, 2.75) is 32.2 Å². The van der Waals surface area contributed by atoms with Gasteiger partial charge in [-0.15, -0.1) is 0 Å². The summed E-state index contributed by atoms with van der Waals surface area (Å²) < 4.78 is 0. The van der Waals surface area contributed by atoms with Crippen LogP contribution in [0.2, 0.25) is 0 Å². The summed E-state index contributed by atoms with van der Waals surface area (Å²) in [6.45, 7) is 4.48. The molecule has 16 heavy (non-hydrogen) atoms. The van der Waals surface area contributed by atoms with Crippen molar-refractivity contribution in [3.8, 4) is 6.07 Å². The summed E-state index contributed by atoms with van der Waals surface area (Å²) in [5, 5.41) is 9.24. The number of likely N-dealkylation sites (tertiary alicyclic amines) is 1. The van der Waals surface area contributed by atoms with Gasteiger partial charge in [-0.3, -0.25) is 0 Å². The van der Waals surface area contributed by atoms with Crippen LogP contribution in [0.3, 0.4) is 0 Å². The van der Waals surface area contributed by atoms with E-state index in [1.54, 1.807) is 0 Å². The maximum Gasteiger partial charge on any atom is 0.0672 e. The lowest BCUT2D eigenvalue weighted by Gasteiger charge is -2.39. The normalized spacial score (nSPS) is 23.0. The second-order valence-corrected chi connectivity index (χ2v) is 5.24. The second kappa shape index (κ2) is 6.22. The van der Waals surface area contributed by atoms with Gasteiger partial charge in [0.1, 0.15) is 0 Å².